The lowest BCUT2D eigenvalue weighted by molar-refractivity contribution is 0.146. The van der Waals surface area contributed by atoms with Gasteiger partial charge in [-0.15, -0.1) is 0 Å². The summed E-state index contributed by atoms with van der Waals surface area (Å²) in [7, 11) is 1.50. The molecular weight excluding hydrogens is 240 g/mol. The van der Waals surface area contributed by atoms with Gasteiger partial charge in [-0.1, -0.05) is 12.1 Å². The van der Waals surface area contributed by atoms with Crippen LogP contribution >= 0.6 is 0 Å². The van der Waals surface area contributed by atoms with E-state index in [9.17, 15) is 8.78 Å². The summed E-state index contributed by atoms with van der Waals surface area (Å²) in [6.45, 7) is 0. The van der Waals surface area contributed by atoms with E-state index in [1.54, 1.807) is 24.3 Å². The predicted octanol–water partition coefficient (Wildman–Crippen LogP) is 2.67. The molecule has 2 aromatic rings. The van der Waals surface area contributed by atoms with Gasteiger partial charge in [0.15, 0.2) is 0 Å². The zero-order valence-corrected chi connectivity index (χ0v) is 9.60. The number of aromatic nitrogens is 2. The number of para-hydroxylation sites is 1. The zero-order chi connectivity index (χ0) is 13.1. The highest BCUT2D eigenvalue weighted by atomic mass is 19.3. The van der Waals surface area contributed by atoms with Gasteiger partial charge in [-0.25, -0.2) is 18.7 Å². The first kappa shape index (κ1) is 12.2. The van der Waals surface area contributed by atoms with Gasteiger partial charge in [0.1, 0.15) is 11.4 Å². The van der Waals surface area contributed by atoms with Gasteiger partial charge in [-0.2, -0.15) is 0 Å². The van der Waals surface area contributed by atoms with E-state index < -0.39 is 12.1 Å². The molecule has 0 amide bonds. The molecule has 0 saturated carbocycles. The van der Waals surface area contributed by atoms with Crippen LogP contribution in [0.15, 0.2) is 30.3 Å². The summed E-state index contributed by atoms with van der Waals surface area (Å²) < 4.78 is 30.4. The molecule has 0 aliphatic rings. The number of nitrogen functional groups attached to an aromatic ring is 1. The van der Waals surface area contributed by atoms with Gasteiger partial charge in [-0.05, 0) is 18.2 Å². The van der Waals surface area contributed by atoms with Gasteiger partial charge < -0.3 is 10.5 Å². The van der Waals surface area contributed by atoms with Gasteiger partial charge in [0.2, 0.25) is 5.95 Å². The van der Waals surface area contributed by atoms with Crippen LogP contribution in [0.2, 0.25) is 0 Å². The lowest BCUT2D eigenvalue weighted by Crippen LogP contribution is -2.02. The second kappa shape index (κ2) is 4.95. The lowest BCUT2D eigenvalue weighted by Gasteiger charge is -2.09. The van der Waals surface area contributed by atoms with Crippen molar-refractivity contribution in [1.29, 1.82) is 0 Å². The fourth-order valence-corrected chi connectivity index (χ4v) is 1.59. The van der Waals surface area contributed by atoms with E-state index in [0.717, 1.165) is 0 Å². The molecule has 0 spiro atoms. The van der Waals surface area contributed by atoms with Gasteiger partial charge in [-0.3, -0.25) is 0 Å². The molecule has 0 fully saturated rings. The average molecular weight is 251 g/mol. The van der Waals surface area contributed by atoms with Gasteiger partial charge in [0.25, 0.3) is 6.43 Å². The third kappa shape index (κ3) is 2.37. The monoisotopic (exact) mass is 251 g/mol. The molecule has 0 unspecified atom stereocenters. The Labute approximate surface area is 102 Å². The van der Waals surface area contributed by atoms with Crippen LogP contribution in [0, 0.1) is 0 Å². The molecule has 1 heterocycles. The molecule has 2 N–H and O–H groups in total. The van der Waals surface area contributed by atoms with Gasteiger partial charge in [0, 0.05) is 5.56 Å². The third-order valence-corrected chi connectivity index (χ3v) is 2.37. The summed E-state index contributed by atoms with van der Waals surface area (Å²) in [5.41, 5.74) is 5.94. The summed E-state index contributed by atoms with van der Waals surface area (Å²) in [5, 5.41) is 0. The maximum Gasteiger partial charge on any atom is 0.280 e. The number of rotatable bonds is 3. The van der Waals surface area contributed by atoms with Crippen molar-refractivity contribution in [3.8, 4) is 17.0 Å². The number of hydrogen-bond donors (Lipinski definition) is 1. The van der Waals surface area contributed by atoms with Crippen LogP contribution in [0.5, 0.6) is 5.75 Å². The van der Waals surface area contributed by atoms with E-state index in [1.807, 2.05) is 0 Å². The van der Waals surface area contributed by atoms with Crippen LogP contribution in [0.4, 0.5) is 14.7 Å². The fourth-order valence-electron chi connectivity index (χ4n) is 1.59. The number of hydrogen-bond acceptors (Lipinski definition) is 4. The first-order valence-corrected chi connectivity index (χ1v) is 5.18. The number of nitrogens with zero attached hydrogens (tertiary/aromatic N) is 2. The summed E-state index contributed by atoms with van der Waals surface area (Å²) in [4.78, 5) is 7.44. The molecule has 1 aromatic heterocycles. The second-order valence-corrected chi connectivity index (χ2v) is 3.54. The molecule has 6 heteroatoms. The minimum atomic E-state index is -2.69. The Kier molecular flexibility index (Phi) is 3.36. The molecule has 0 bridgehead atoms. The van der Waals surface area contributed by atoms with Crippen LogP contribution < -0.4 is 10.5 Å². The van der Waals surface area contributed by atoms with Crippen LogP contribution in [-0.4, -0.2) is 17.1 Å². The van der Waals surface area contributed by atoms with Crippen molar-refractivity contribution in [2.24, 2.45) is 0 Å². The molecule has 4 nitrogen and oxygen atoms in total. The minimum Gasteiger partial charge on any atom is -0.496 e. The number of benzene rings is 1. The van der Waals surface area contributed by atoms with Crippen LogP contribution in [-0.2, 0) is 0 Å². The van der Waals surface area contributed by atoms with Crippen molar-refractivity contribution < 1.29 is 13.5 Å². The predicted molar refractivity (Wildman–Crippen MR) is 63.4 cm³/mol. The standard InChI is InChI=1S/C12H11F2N3O/c1-18-10-5-3-2-4-7(10)8-6-9(11(13)14)17-12(15)16-8/h2-6,11H,1H3,(H2,15,16,17). The van der Waals surface area contributed by atoms with E-state index in [-0.39, 0.29) is 5.95 Å². The largest absolute Gasteiger partial charge is 0.496 e. The van der Waals surface area contributed by atoms with Gasteiger partial charge in [0.05, 0.1) is 12.8 Å². The average Bonchev–Trinajstić information content (AvgIpc) is 2.38. The van der Waals surface area contributed by atoms with Crippen LogP contribution in [0.3, 0.4) is 0 Å². The number of ether oxygens (including phenoxy) is 1. The molecule has 18 heavy (non-hydrogen) atoms. The first-order valence-electron chi connectivity index (χ1n) is 5.18. The van der Waals surface area contributed by atoms with Crippen molar-refractivity contribution in [2.75, 3.05) is 12.8 Å². The first-order chi connectivity index (χ1) is 8.61. The smallest absolute Gasteiger partial charge is 0.280 e. The Morgan fingerprint density at radius 3 is 2.61 bits per heavy atom. The number of alkyl halides is 2. The highest BCUT2D eigenvalue weighted by Crippen LogP contribution is 2.30. The maximum atomic E-state index is 12.6. The Morgan fingerprint density at radius 1 is 1.22 bits per heavy atom. The normalized spacial score (nSPS) is 10.7. The van der Waals surface area contributed by atoms with E-state index >= 15 is 0 Å². The SMILES string of the molecule is COc1ccccc1-c1cc(C(F)F)nc(N)n1. The summed E-state index contributed by atoms with van der Waals surface area (Å²) in [6.07, 6.45) is -2.69. The Balaban J connectivity index is 2.56. The Bertz CT molecular complexity index is 561. The highest BCUT2D eigenvalue weighted by molar-refractivity contribution is 5.68. The number of halogens is 2. The topological polar surface area (TPSA) is 61.0 Å². The van der Waals surface area contributed by atoms with Crippen molar-refractivity contribution >= 4 is 5.95 Å². The molecule has 0 radical (unpaired) electrons. The van der Waals surface area contributed by atoms with Crippen molar-refractivity contribution in [1.82, 2.24) is 9.97 Å². The van der Waals surface area contributed by atoms with E-state index in [2.05, 4.69) is 9.97 Å². The maximum absolute atomic E-state index is 12.6. The van der Waals surface area contributed by atoms with E-state index in [0.29, 0.717) is 17.0 Å². The van der Waals surface area contributed by atoms with Crippen molar-refractivity contribution in [3.63, 3.8) is 0 Å². The molecule has 0 aliphatic heterocycles. The molecule has 2 rings (SSSR count). The minimum absolute atomic E-state index is 0.186. The molecule has 94 valence electrons. The number of methoxy groups -OCH3 is 1. The molecule has 0 saturated heterocycles. The number of nitrogens with two attached hydrogens (primary N) is 1. The van der Waals surface area contributed by atoms with Crippen LogP contribution in [0.1, 0.15) is 12.1 Å². The highest BCUT2D eigenvalue weighted by Gasteiger charge is 2.14. The fraction of sp³-hybridized carbons (Fsp3) is 0.167. The second-order valence-electron chi connectivity index (χ2n) is 3.54. The molecule has 1 aromatic carbocycles. The Hall–Kier alpha value is -2.24. The summed E-state index contributed by atoms with van der Waals surface area (Å²) in [6, 6.07) is 8.18. The van der Waals surface area contributed by atoms with E-state index in [1.165, 1.54) is 13.2 Å². The third-order valence-electron chi connectivity index (χ3n) is 2.37. The molecule has 0 atom stereocenters. The number of anilines is 1. The van der Waals surface area contributed by atoms with E-state index in [4.69, 9.17) is 10.5 Å². The van der Waals surface area contributed by atoms with Gasteiger partial charge >= 0.3 is 0 Å². The Morgan fingerprint density at radius 2 is 1.94 bits per heavy atom. The molecular formula is C12H11F2N3O. The quantitative estimate of drug-likeness (QED) is 0.911. The van der Waals surface area contributed by atoms with Crippen molar-refractivity contribution in [2.45, 2.75) is 6.43 Å². The van der Waals surface area contributed by atoms with Crippen molar-refractivity contribution in [3.05, 3.63) is 36.0 Å². The summed E-state index contributed by atoms with van der Waals surface area (Å²) >= 11 is 0. The lowest BCUT2D eigenvalue weighted by atomic mass is 10.1. The van der Waals surface area contributed by atoms with Crippen LogP contribution in [0.25, 0.3) is 11.3 Å². The zero-order valence-electron chi connectivity index (χ0n) is 9.60. The molecule has 0 aliphatic carbocycles. The summed E-state index contributed by atoms with van der Waals surface area (Å²) in [5.74, 6) is 0.351.